The van der Waals surface area contributed by atoms with Crippen LogP contribution in [0.25, 0.3) is 27.5 Å². The summed E-state index contributed by atoms with van der Waals surface area (Å²) in [6, 6.07) is 12.2. The highest BCUT2D eigenvalue weighted by Crippen LogP contribution is 2.41. The van der Waals surface area contributed by atoms with Crippen LogP contribution in [0.2, 0.25) is 0 Å². The maximum Gasteiger partial charge on any atom is 0.126 e. The third-order valence-corrected chi connectivity index (χ3v) is 5.86. The zero-order valence-corrected chi connectivity index (χ0v) is 15.3. The molecule has 5 rings (SSSR count). The second-order valence-electron chi connectivity index (χ2n) is 7.60. The number of rotatable bonds is 1. The van der Waals surface area contributed by atoms with E-state index in [9.17, 15) is 8.78 Å². The summed E-state index contributed by atoms with van der Waals surface area (Å²) >= 11 is 0. The largest absolute Gasteiger partial charge is 0.207 e. The average molecular weight is 358 g/mol. The summed E-state index contributed by atoms with van der Waals surface area (Å²) in [4.78, 5) is 0. The molecule has 0 radical (unpaired) electrons. The van der Waals surface area contributed by atoms with E-state index in [1.54, 1.807) is 5.57 Å². The molecule has 27 heavy (non-hydrogen) atoms. The number of hydrogen-bond acceptors (Lipinski definition) is 0. The van der Waals surface area contributed by atoms with Crippen molar-refractivity contribution >= 4 is 16.3 Å². The summed E-state index contributed by atoms with van der Waals surface area (Å²) in [5, 5.41) is 2.43. The Hall–Kier alpha value is -2.74. The lowest BCUT2D eigenvalue weighted by molar-refractivity contribution is 0.584. The third kappa shape index (κ3) is 2.71. The molecule has 3 aromatic rings. The molecule has 0 unspecified atom stereocenters. The molecule has 0 spiro atoms. The fourth-order valence-electron chi connectivity index (χ4n) is 4.69. The third-order valence-electron chi connectivity index (χ3n) is 5.86. The summed E-state index contributed by atoms with van der Waals surface area (Å²) in [5.74, 6) is -1.09. The van der Waals surface area contributed by atoms with E-state index < -0.39 is 11.6 Å². The van der Waals surface area contributed by atoms with Crippen LogP contribution in [0.4, 0.5) is 8.78 Å². The van der Waals surface area contributed by atoms with E-state index in [1.165, 1.54) is 40.6 Å². The summed E-state index contributed by atoms with van der Waals surface area (Å²) in [6.07, 6.45) is 9.06. The molecule has 0 nitrogen and oxygen atoms in total. The number of fused-ring (bicyclic) bond motifs is 4. The first-order valence-corrected chi connectivity index (χ1v) is 9.52. The fourth-order valence-corrected chi connectivity index (χ4v) is 4.69. The van der Waals surface area contributed by atoms with E-state index in [4.69, 9.17) is 0 Å². The summed E-state index contributed by atoms with van der Waals surface area (Å²) in [6.45, 7) is 2.10. The molecule has 0 aliphatic heterocycles. The molecule has 0 heterocycles. The van der Waals surface area contributed by atoms with Crippen molar-refractivity contribution < 1.29 is 8.78 Å². The number of hydrogen-bond donors (Lipinski definition) is 0. The number of halogens is 2. The minimum absolute atomic E-state index is 0.545. The van der Waals surface area contributed by atoms with Crippen molar-refractivity contribution in [2.75, 3.05) is 0 Å². The van der Waals surface area contributed by atoms with Gasteiger partial charge in [0.05, 0.1) is 0 Å². The lowest BCUT2D eigenvalue weighted by Crippen LogP contribution is -2.07. The predicted molar refractivity (Wildman–Crippen MR) is 108 cm³/mol. The van der Waals surface area contributed by atoms with Gasteiger partial charge in [0.2, 0.25) is 0 Å². The molecule has 0 bridgehead atoms. The van der Waals surface area contributed by atoms with Crippen LogP contribution in [0.1, 0.15) is 36.0 Å². The van der Waals surface area contributed by atoms with E-state index in [2.05, 4.69) is 43.3 Å². The van der Waals surface area contributed by atoms with Crippen molar-refractivity contribution in [3.8, 4) is 11.1 Å². The Bertz CT molecular complexity index is 1130. The van der Waals surface area contributed by atoms with Crippen LogP contribution in [0, 0.1) is 18.6 Å². The number of allylic oxidation sites excluding steroid dienone is 4. The summed E-state index contributed by atoms with van der Waals surface area (Å²) in [7, 11) is 0. The van der Waals surface area contributed by atoms with Gasteiger partial charge in [0.25, 0.3) is 0 Å². The van der Waals surface area contributed by atoms with Gasteiger partial charge in [0.1, 0.15) is 11.6 Å². The van der Waals surface area contributed by atoms with Crippen LogP contribution in [0.3, 0.4) is 0 Å². The average Bonchev–Trinajstić information content (AvgIpc) is 2.66. The second kappa shape index (κ2) is 6.16. The van der Waals surface area contributed by atoms with Crippen LogP contribution in [0.5, 0.6) is 0 Å². The van der Waals surface area contributed by atoms with E-state index in [0.717, 1.165) is 41.8 Å². The quantitative estimate of drug-likeness (QED) is 0.433. The van der Waals surface area contributed by atoms with Crippen molar-refractivity contribution in [2.45, 2.75) is 32.6 Å². The standard InChI is InChI=1S/C25H20F2/c1-15-10-18(19-12-20(26)14-21(27)13-19)11-17-7-8-23-22-5-3-2-4-16(22)6-9-24(23)25(15)17/h3,5,7-8,10-14H,2,4,6,9H2,1H3. The van der Waals surface area contributed by atoms with Gasteiger partial charge in [-0.25, -0.2) is 8.78 Å². The van der Waals surface area contributed by atoms with Crippen LogP contribution in [-0.4, -0.2) is 0 Å². The molecule has 2 heteroatoms. The van der Waals surface area contributed by atoms with E-state index >= 15 is 0 Å². The Kier molecular flexibility index (Phi) is 3.75. The molecule has 0 saturated carbocycles. The highest BCUT2D eigenvalue weighted by Gasteiger charge is 2.21. The highest BCUT2D eigenvalue weighted by atomic mass is 19.1. The first kappa shape index (κ1) is 16.4. The predicted octanol–water partition coefficient (Wildman–Crippen LogP) is 7.14. The van der Waals surface area contributed by atoms with Crippen molar-refractivity contribution in [1.82, 2.24) is 0 Å². The Labute approximate surface area is 157 Å². The van der Waals surface area contributed by atoms with Gasteiger partial charge in [0, 0.05) is 6.07 Å². The topological polar surface area (TPSA) is 0 Å². The molecule has 0 saturated heterocycles. The van der Waals surface area contributed by atoms with Gasteiger partial charge in [-0.3, -0.25) is 0 Å². The second-order valence-corrected chi connectivity index (χ2v) is 7.60. The molecular weight excluding hydrogens is 338 g/mol. The van der Waals surface area contributed by atoms with Crippen LogP contribution >= 0.6 is 0 Å². The summed E-state index contributed by atoms with van der Waals surface area (Å²) in [5.41, 5.74) is 8.34. The normalized spacial score (nSPS) is 15.8. The molecule has 0 fully saturated rings. The first-order valence-electron chi connectivity index (χ1n) is 9.52. The Morgan fingerprint density at radius 3 is 2.41 bits per heavy atom. The van der Waals surface area contributed by atoms with E-state index in [-0.39, 0.29) is 0 Å². The minimum Gasteiger partial charge on any atom is -0.207 e. The lowest BCUT2D eigenvalue weighted by Gasteiger charge is -2.26. The van der Waals surface area contributed by atoms with Gasteiger partial charge >= 0.3 is 0 Å². The number of aryl methyl sites for hydroxylation is 2. The number of benzene rings is 3. The molecule has 0 aromatic heterocycles. The Morgan fingerprint density at radius 1 is 0.815 bits per heavy atom. The van der Waals surface area contributed by atoms with Crippen molar-refractivity contribution in [1.29, 1.82) is 0 Å². The van der Waals surface area contributed by atoms with Crippen LogP contribution in [0.15, 0.2) is 60.2 Å². The molecular formula is C25H20F2. The van der Waals surface area contributed by atoms with Gasteiger partial charge in [-0.2, -0.15) is 0 Å². The first-order chi connectivity index (χ1) is 13.1. The van der Waals surface area contributed by atoms with E-state index in [0.29, 0.717) is 5.56 Å². The van der Waals surface area contributed by atoms with Crippen molar-refractivity contribution in [3.63, 3.8) is 0 Å². The van der Waals surface area contributed by atoms with Crippen molar-refractivity contribution in [3.05, 3.63) is 88.5 Å². The molecule has 2 aliphatic rings. The molecule has 134 valence electrons. The van der Waals surface area contributed by atoms with Gasteiger partial charge in [-0.05, 0) is 95.0 Å². The Morgan fingerprint density at radius 2 is 1.59 bits per heavy atom. The smallest absolute Gasteiger partial charge is 0.126 e. The van der Waals surface area contributed by atoms with Crippen LogP contribution < -0.4 is 0 Å². The minimum atomic E-state index is -0.545. The Balaban J connectivity index is 1.71. The van der Waals surface area contributed by atoms with E-state index in [1.807, 2.05) is 0 Å². The maximum atomic E-state index is 13.7. The zero-order valence-electron chi connectivity index (χ0n) is 15.3. The maximum absolute atomic E-state index is 13.7. The van der Waals surface area contributed by atoms with Gasteiger partial charge in [-0.1, -0.05) is 35.9 Å². The zero-order chi connectivity index (χ0) is 18.5. The van der Waals surface area contributed by atoms with Gasteiger partial charge in [-0.15, -0.1) is 0 Å². The summed E-state index contributed by atoms with van der Waals surface area (Å²) < 4.78 is 27.3. The van der Waals surface area contributed by atoms with Crippen LogP contribution in [-0.2, 0) is 6.42 Å². The fraction of sp³-hybridized carbons (Fsp3) is 0.200. The lowest BCUT2D eigenvalue weighted by atomic mass is 9.78. The SMILES string of the molecule is Cc1cc(-c2cc(F)cc(F)c2)cc2ccc3c(c12)CCC1=C3C=CCC1. The van der Waals surface area contributed by atoms with Gasteiger partial charge in [0.15, 0.2) is 0 Å². The molecule has 0 atom stereocenters. The van der Waals surface area contributed by atoms with Crippen molar-refractivity contribution in [2.24, 2.45) is 0 Å². The molecule has 3 aromatic carbocycles. The molecule has 2 aliphatic carbocycles. The molecule has 0 N–H and O–H groups in total. The highest BCUT2D eigenvalue weighted by molar-refractivity contribution is 5.97. The monoisotopic (exact) mass is 358 g/mol. The van der Waals surface area contributed by atoms with Gasteiger partial charge < -0.3 is 0 Å². The molecule has 0 amide bonds.